The Morgan fingerprint density at radius 2 is 1.88 bits per heavy atom. The van der Waals surface area contributed by atoms with Gasteiger partial charge in [0.1, 0.15) is 0 Å². The fraction of sp³-hybridized carbons (Fsp3) is 0.875. The highest BCUT2D eigenvalue weighted by molar-refractivity contribution is 7.87. The summed E-state index contributed by atoms with van der Waals surface area (Å²) in [5.41, 5.74) is 0. The lowest BCUT2D eigenvalue weighted by atomic mass is 10.3. The van der Waals surface area contributed by atoms with E-state index in [9.17, 15) is 13.2 Å². The molecule has 0 radical (unpaired) electrons. The van der Waals surface area contributed by atoms with Gasteiger partial charge in [-0.05, 0) is 0 Å². The van der Waals surface area contributed by atoms with Crippen LogP contribution >= 0.6 is 0 Å². The molecule has 8 heteroatoms. The van der Waals surface area contributed by atoms with Gasteiger partial charge in [-0.2, -0.15) is 12.7 Å². The Morgan fingerprint density at radius 1 is 1.31 bits per heavy atom. The minimum absolute atomic E-state index is 0.0326. The van der Waals surface area contributed by atoms with Gasteiger partial charge in [-0.1, -0.05) is 6.92 Å². The molecule has 0 unspecified atom stereocenters. The highest BCUT2D eigenvalue weighted by Gasteiger charge is 2.26. The van der Waals surface area contributed by atoms with Crippen LogP contribution in [0.5, 0.6) is 0 Å². The molecule has 0 atom stereocenters. The fourth-order valence-electron chi connectivity index (χ4n) is 1.59. The van der Waals surface area contributed by atoms with E-state index < -0.39 is 16.2 Å². The number of carbonyl (C=O) groups is 1. The van der Waals surface area contributed by atoms with Crippen molar-refractivity contribution < 1.29 is 18.3 Å². The Hall–Kier alpha value is -0.700. The van der Waals surface area contributed by atoms with Gasteiger partial charge < -0.3 is 5.11 Å². The Labute approximate surface area is 95.2 Å². The lowest BCUT2D eigenvalue weighted by Gasteiger charge is -2.32. The summed E-state index contributed by atoms with van der Waals surface area (Å²) in [5, 5.41) is 8.59. The van der Waals surface area contributed by atoms with Gasteiger partial charge in [0.05, 0.1) is 6.54 Å². The average molecular weight is 251 g/mol. The van der Waals surface area contributed by atoms with E-state index in [2.05, 4.69) is 4.72 Å². The predicted octanol–water partition coefficient (Wildman–Crippen LogP) is -1.46. The summed E-state index contributed by atoms with van der Waals surface area (Å²) in [5.74, 6) is -0.886. The Balaban J connectivity index is 2.46. The van der Waals surface area contributed by atoms with E-state index in [1.54, 1.807) is 11.8 Å². The second-order valence-electron chi connectivity index (χ2n) is 3.57. The second-order valence-corrected chi connectivity index (χ2v) is 5.33. The number of carboxylic acid groups (broad SMARTS) is 1. The van der Waals surface area contributed by atoms with E-state index >= 15 is 0 Å². The molecular weight excluding hydrogens is 234 g/mol. The number of carboxylic acids is 1. The zero-order valence-corrected chi connectivity index (χ0v) is 10.0. The maximum absolute atomic E-state index is 11.6. The van der Waals surface area contributed by atoms with Crippen LogP contribution in [0, 0.1) is 0 Å². The van der Waals surface area contributed by atoms with Crippen molar-refractivity contribution in [2.45, 2.75) is 6.92 Å². The third-order valence-electron chi connectivity index (χ3n) is 2.36. The molecule has 7 nitrogen and oxygen atoms in total. The van der Waals surface area contributed by atoms with Crippen LogP contribution in [0.3, 0.4) is 0 Å². The van der Waals surface area contributed by atoms with Gasteiger partial charge in [-0.15, -0.1) is 0 Å². The molecule has 0 aromatic carbocycles. The monoisotopic (exact) mass is 251 g/mol. The van der Waals surface area contributed by atoms with Crippen molar-refractivity contribution in [2.75, 3.05) is 39.3 Å². The van der Waals surface area contributed by atoms with Gasteiger partial charge >= 0.3 is 5.97 Å². The first kappa shape index (κ1) is 13.4. The zero-order valence-electron chi connectivity index (χ0n) is 9.22. The summed E-state index contributed by atoms with van der Waals surface area (Å²) >= 11 is 0. The van der Waals surface area contributed by atoms with Gasteiger partial charge in [0, 0.05) is 32.7 Å². The first-order chi connectivity index (χ1) is 7.45. The van der Waals surface area contributed by atoms with E-state index in [1.807, 2.05) is 0 Å². The third-order valence-corrected chi connectivity index (χ3v) is 4.06. The molecule has 0 spiro atoms. The van der Waals surface area contributed by atoms with Crippen LogP contribution < -0.4 is 4.72 Å². The summed E-state index contributed by atoms with van der Waals surface area (Å²) in [4.78, 5) is 12.2. The summed E-state index contributed by atoms with van der Waals surface area (Å²) in [6.07, 6.45) is 0. The minimum Gasteiger partial charge on any atom is -0.480 e. The lowest BCUT2D eigenvalue weighted by molar-refractivity contribution is -0.138. The first-order valence-corrected chi connectivity index (χ1v) is 6.58. The molecule has 1 rings (SSSR count). The minimum atomic E-state index is -3.38. The van der Waals surface area contributed by atoms with Crippen LogP contribution in [0.2, 0.25) is 0 Å². The molecule has 94 valence electrons. The van der Waals surface area contributed by atoms with Crippen molar-refractivity contribution in [3.63, 3.8) is 0 Å². The Bertz CT molecular complexity index is 335. The van der Waals surface area contributed by atoms with Crippen LogP contribution in [0.4, 0.5) is 0 Å². The van der Waals surface area contributed by atoms with Gasteiger partial charge in [-0.25, -0.2) is 4.72 Å². The van der Waals surface area contributed by atoms with Gasteiger partial charge in [0.2, 0.25) is 0 Å². The molecule has 0 amide bonds. The normalized spacial score (nSPS) is 19.8. The van der Waals surface area contributed by atoms with Crippen LogP contribution in [0.1, 0.15) is 6.92 Å². The average Bonchev–Trinajstić information content (AvgIpc) is 2.17. The maximum Gasteiger partial charge on any atom is 0.317 e. The van der Waals surface area contributed by atoms with Crippen LogP contribution in [0.25, 0.3) is 0 Å². The fourth-order valence-corrected chi connectivity index (χ4v) is 2.78. The van der Waals surface area contributed by atoms with E-state index in [0.29, 0.717) is 32.7 Å². The van der Waals surface area contributed by atoms with Gasteiger partial charge in [0.15, 0.2) is 0 Å². The molecule has 1 aliphatic rings. The van der Waals surface area contributed by atoms with E-state index in [0.717, 1.165) is 0 Å². The summed E-state index contributed by atoms with van der Waals surface area (Å²) < 4.78 is 26.9. The maximum atomic E-state index is 11.6. The molecule has 16 heavy (non-hydrogen) atoms. The van der Waals surface area contributed by atoms with Crippen molar-refractivity contribution >= 4 is 16.2 Å². The predicted molar refractivity (Wildman–Crippen MR) is 58.2 cm³/mol. The van der Waals surface area contributed by atoms with Crippen molar-refractivity contribution in [1.82, 2.24) is 13.9 Å². The summed E-state index contributed by atoms with van der Waals surface area (Å²) in [6, 6.07) is 0. The van der Waals surface area contributed by atoms with Crippen LogP contribution in [-0.2, 0) is 15.0 Å². The van der Waals surface area contributed by atoms with Gasteiger partial charge in [-0.3, -0.25) is 9.69 Å². The molecule has 0 aliphatic carbocycles. The molecular formula is C8H17N3O4S. The van der Waals surface area contributed by atoms with Gasteiger partial charge in [0.25, 0.3) is 10.2 Å². The highest BCUT2D eigenvalue weighted by Crippen LogP contribution is 2.05. The van der Waals surface area contributed by atoms with Crippen molar-refractivity contribution in [3.8, 4) is 0 Å². The standard InChI is InChI=1S/C8H17N3O4S/c1-2-9-16(14,15)11-5-3-10(4-6-11)7-8(12)13/h9H,2-7H2,1H3,(H,12,13). The molecule has 1 heterocycles. The summed E-state index contributed by atoms with van der Waals surface area (Å²) in [6.45, 7) is 3.63. The highest BCUT2D eigenvalue weighted by atomic mass is 32.2. The van der Waals surface area contributed by atoms with Crippen LogP contribution in [0.15, 0.2) is 0 Å². The first-order valence-electron chi connectivity index (χ1n) is 5.14. The van der Waals surface area contributed by atoms with E-state index in [1.165, 1.54) is 4.31 Å². The quantitative estimate of drug-likeness (QED) is 0.623. The SMILES string of the molecule is CCNS(=O)(=O)N1CCN(CC(=O)O)CC1. The van der Waals surface area contributed by atoms with Crippen molar-refractivity contribution in [1.29, 1.82) is 0 Å². The number of aliphatic carboxylic acids is 1. The number of hydrogen-bond donors (Lipinski definition) is 2. The van der Waals surface area contributed by atoms with Crippen molar-refractivity contribution in [2.24, 2.45) is 0 Å². The number of hydrogen-bond acceptors (Lipinski definition) is 4. The number of rotatable bonds is 5. The molecule has 0 aromatic rings. The molecule has 0 saturated carbocycles. The van der Waals surface area contributed by atoms with E-state index in [4.69, 9.17) is 5.11 Å². The molecule has 1 saturated heterocycles. The Kier molecular flexibility index (Phi) is 4.66. The largest absolute Gasteiger partial charge is 0.480 e. The number of nitrogens with one attached hydrogen (secondary N) is 1. The lowest BCUT2D eigenvalue weighted by Crippen LogP contribution is -2.52. The second kappa shape index (κ2) is 5.58. The summed E-state index contributed by atoms with van der Waals surface area (Å²) in [7, 11) is -3.38. The molecule has 1 aliphatic heterocycles. The molecule has 0 aromatic heterocycles. The molecule has 0 bridgehead atoms. The van der Waals surface area contributed by atoms with Crippen LogP contribution in [-0.4, -0.2) is 68.0 Å². The van der Waals surface area contributed by atoms with Crippen molar-refractivity contribution in [3.05, 3.63) is 0 Å². The number of piperazine rings is 1. The van der Waals surface area contributed by atoms with E-state index in [-0.39, 0.29) is 6.54 Å². The molecule has 1 fully saturated rings. The zero-order chi connectivity index (χ0) is 12.2. The molecule has 2 N–H and O–H groups in total. The third kappa shape index (κ3) is 3.71. The number of nitrogens with zero attached hydrogens (tertiary/aromatic N) is 2. The smallest absolute Gasteiger partial charge is 0.317 e. The topological polar surface area (TPSA) is 90.0 Å². The Morgan fingerprint density at radius 3 is 2.31 bits per heavy atom.